The molecule has 0 radical (unpaired) electrons. The van der Waals surface area contributed by atoms with Gasteiger partial charge in [0.1, 0.15) is 15.9 Å². The van der Waals surface area contributed by atoms with Crippen molar-refractivity contribution in [1.29, 1.82) is 0 Å². The van der Waals surface area contributed by atoms with Crippen LogP contribution in [0.25, 0.3) is 0 Å². The minimum absolute atomic E-state index is 0.0544. The van der Waals surface area contributed by atoms with E-state index in [0.717, 1.165) is 27.9 Å². The zero-order valence-electron chi connectivity index (χ0n) is 18.4. The number of urea groups is 1. The summed E-state index contributed by atoms with van der Waals surface area (Å²) in [5, 5.41) is 6.91. The summed E-state index contributed by atoms with van der Waals surface area (Å²) in [6.07, 6.45) is -0.107. The van der Waals surface area contributed by atoms with Crippen LogP contribution in [0.15, 0.2) is 63.1 Å². The van der Waals surface area contributed by atoms with Gasteiger partial charge in [0, 0.05) is 23.4 Å². The molecule has 0 unspecified atom stereocenters. The van der Waals surface area contributed by atoms with Crippen molar-refractivity contribution >= 4 is 56.4 Å². The maximum atomic E-state index is 15.0. The van der Waals surface area contributed by atoms with Crippen LogP contribution in [-0.2, 0) is 21.2 Å². The van der Waals surface area contributed by atoms with E-state index < -0.39 is 33.7 Å². The molecular weight excluding hydrogens is 509 g/mol. The number of carbonyl (C=O) groups excluding carboxylic acids is 3. The van der Waals surface area contributed by atoms with Crippen molar-refractivity contribution in [3.05, 3.63) is 76.4 Å². The highest BCUT2D eigenvalue weighted by Crippen LogP contribution is 2.30. The molecule has 3 aromatic rings. The van der Waals surface area contributed by atoms with Gasteiger partial charge in [-0.2, -0.15) is 0 Å². The first kappa shape index (κ1) is 23.6. The second-order valence-electron chi connectivity index (χ2n) is 7.90. The number of anilines is 2. The van der Waals surface area contributed by atoms with Gasteiger partial charge in [-0.15, -0.1) is 11.3 Å². The second kappa shape index (κ2) is 9.17. The largest absolute Gasteiger partial charge is 0.368 e. The number of thiophene rings is 1. The zero-order chi connectivity index (χ0) is 25.4. The fraction of sp³-hybridized carbons (Fsp3) is 0.130. The maximum absolute atomic E-state index is 15.0. The van der Waals surface area contributed by atoms with Gasteiger partial charge in [0.05, 0.1) is 18.7 Å². The van der Waals surface area contributed by atoms with E-state index in [-0.39, 0.29) is 27.6 Å². The van der Waals surface area contributed by atoms with Crippen molar-refractivity contribution in [2.45, 2.75) is 10.6 Å². The number of carbonyl (C=O) groups is 3. The van der Waals surface area contributed by atoms with Crippen molar-refractivity contribution in [3.8, 4) is 0 Å². The van der Waals surface area contributed by atoms with Crippen LogP contribution in [0, 0.1) is 5.82 Å². The van der Waals surface area contributed by atoms with E-state index in [4.69, 9.17) is 0 Å². The van der Waals surface area contributed by atoms with Crippen molar-refractivity contribution < 1.29 is 27.2 Å². The molecular formula is C23H18FN5O5S2. The molecule has 0 fully saturated rings. The average molecular weight is 528 g/mol. The Balaban J connectivity index is 1.34. The van der Waals surface area contributed by atoms with Crippen molar-refractivity contribution in [2.24, 2.45) is 4.99 Å². The van der Waals surface area contributed by atoms with E-state index in [1.165, 1.54) is 24.3 Å². The van der Waals surface area contributed by atoms with Gasteiger partial charge in [-0.3, -0.25) is 14.6 Å². The number of sulfonamides is 1. The lowest BCUT2D eigenvalue weighted by atomic mass is 9.95. The summed E-state index contributed by atoms with van der Waals surface area (Å²) < 4.78 is 41.1. The first-order valence-electron chi connectivity index (χ1n) is 10.7. The third-order valence-electron chi connectivity index (χ3n) is 5.51. The van der Waals surface area contributed by atoms with Crippen LogP contribution in [-0.4, -0.2) is 45.2 Å². The van der Waals surface area contributed by atoms with Crippen molar-refractivity contribution in [3.63, 3.8) is 0 Å². The Kier molecular flexibility index (Phi) is 6.02. The number of aliphatic imine (C=N–C) groups is 1. The normalized spacial score (nSPS) is 15.2. The number of rotatable bonds is 5. The third-order valence-corrected chi connectivity index (χ3v) is 8.24. The highest BCUT2D eigenvalue weighted by molar-refractivity contribution is 7.92. The number of fused-ring (bicyclic) bond motifs is 1. The predicted octanol–water partition coefficient (Wildman–Crippen LogP) is 2.48. The van der Waals surface area contributed by atoms with Crippen LogP contribution in [0.3, 0.4) is 0 Å². The molecule has 2 aliphatic rings. The maximum Gasteiger partial charge on any atom is 0.333 e. The van der Waals surface area contributed by atoms with Gasteiger partial charge in [0.15, 0.2) is 0 Å². The SMILES string of the molecule is O=C(Nc1ccc(N2C(=O)Cc3cc(C4=NCCN4)ccc3C2=O)c(F)c1)NS(=O)(=O)c1cccs1. The smallest absolute Gasteiger partial charge is 0.333 e. The Bertz CT molecular complexity index is 1540. The van der Waals surface area contributed by atoms with Crippen LogP contribution in [0.2, 0.25) is 0 Å². The van der Waals surface area contributed by atoms with Crippen LogP contribution in [0.4, 0.5) is 20.6 Å². The average Bonchev–Trinajstić information content (AvgIpc) is 3.55. The molecule has 2 aromatic carbocycles. The molecule has 0 spiro atoms. The molecule has 13 heteroatoms. The number of imide groups is 1. The monoisotopic (exact) mass is 527 g/mol. The van der Waals surface area contributed by atoms with Gasteiger partial charge in [-0.05, 0) is 47.3 Å². The molecule has 0 atom stereocenters. The van der Waals surface area contributed by atoms with Gasteiger partial charge < -0.3 is 10.6 Å². The second-order valence-corrected chi connectivity index (χ2v) is 10.8. The van der Waals surface area contributed by atoms with Crippen molar-refractivity contribution in [2.75, 3.05) is 23.3 Å². The highest BCUT2D eigenvalue weighted by atomic mass is 32.2. The molecule has 36 heavy (non-hydrogen) atoms. The van der Waals surface area contributed by atoms with Gasteiger partial charge in [0.2, 0.25) is 5.91 Å². The van der Waals surface area contributed by atoms with E-state index in [9.17, 15) is 27.2 Å². The number of halogens is 1. The van der Waals surface area contributed by atoms with Crippen LogP contribution in [0.5, 0.6) is 0 Å². The Morgan fingerprint density at radius 3 is 2.67 bits per heavy atom. The number of nitrogens with one attached hydrogen (secondary N) is 3. The Morgan fingerprint density at radius 1 is 1.14 bits per heavy atom. The quantitative estimate of drug-likeness (QED) is 0.436. The van der Waals surface area contributed by atoms with Gasteiger partial charge >= 0.3 is 6.03 Å². The van der Waals surface area contributed by atoms with Crippen LogP contribution >= 0.6 is 11.3 Å². The lowest BCUT2D eigenvalue weighted by molar-refractivity contribution is -0.117. The predicted molar refractivity (Wildman–Crippen MR) is 131 cm³/mol. The Labute approximate surface area is 208 Å². The molecule has 10 nitrogen and oxygen atoms in total. The fourth-order valence-corrected chi connectivity index (χ4v) is 5.82. The lowest BCUT2D eigenvalue weighted by Gasteiger charge is -2.27. The molecule has 184 valence electrons. The number of hydrogen-bond acceptors (Lipinski definition) is 8. The molecule has 0 bridgehead atoms. The van der Waals surface area contributed by atoms with E-state index >= 15 is 0 Å². The molecule has 0 saturated carbocycles. The zero-order valence-corrected chi connectivity index (χ0v) is 20.1. The minimum atomic E-state index is -4.07. The van der Waals surface area contributed by atoms with Crippen LogP contribution < -0.4 is 20.3 Å². The summed E-state index contributed by atoms with van der Waals surface area (Å²) in [5.74, 6) is -1.53. The Morgan fingerprint density at radius 2 is 1.97 bits per heavy atom. The van der Waals surface area contributed by atoms with E-state index in [1.807, 2.05) is 4.72 Å². The molecule has 4 amide bonds. The molecule has 3 heterocycles. The summed E-state index contributed by atoms with van der Waals surface area (Å²) in [4.78, 5) is 43.2. The molecule has 0 aliphatic carbocycles. The van der Waals surface area contributed by atoms with Crippen LogP contribution in [0.1, 0.15) is 21.5 Å². The molecule has 2 aliphatic heterocycles. The van der Waals surface area contributed by atoms with Gasteiger partial charge in [0.25, 0.3) is 15.9 Å². The summed E-state index contributed by atoms with van der Waals surface area (Å²) in [6.45, 7) is 1.36. The van der Waals surface area contributed by atoms with Gasteiger partial charge in [-0.1, -0.05) is 12.1 Å². The molecule has 1 aromatic heterocycles. The third kappa shape index (κ3) is 4.45. The number of hydrogen-bond donors (Lipinski definition) is 3. The first-order valence-corrected chi connectivity index (χ1v) is 13.0. The first-order chi connectivity index (χ1) is 17.2. The lowest BCUT2D eigenvalue weighted by Crippen LogP contribution is -2.43. The highest BCUT2D eigenvalue weighted by Gasteiger charge is 2.34. The summed E-state index contributed by atoms with van der Waals surface area (Å²) in [6, 6.07) is 10.1. The molecule has 3 N–H and O–H groups in total. The Hall–Kier alpha value is -4.10. The molecule has 5 rings (SSSR count). The number of amides is 4. The summed E-state index contributed by atoms with van der Waals surface area (Å²) in [5.41, 5.74) is 1.22. The minimum Gasteiger partial charge on any atom is -0.368 e. The number of amidine groups is 1. The summed E-state index contributed by atoms with van der Waals surface area (Å²) >= 11 is 0.932. The van der Waals surface area contributed by atoms with E-state index in [1.54, 1.807) is 23.6 Å². The van der Waals surface area contributed by atoms with Crippen molar-refractivity contribution in [1.82, 2.24) is 10.0 Å². The molecule has 0 saturated heterocycles. The summed E-state index contributed by atoms with van der Waals surface area (Å²) in [7, 11) is -4.07. The number of benzene rings is 2. The number of nitrogens with zero attached hydrogens (tertiary/aromatic N) is 2. The standard InChI is InChI=1S/C23H18FN5O5S2/c24-17-12-15(27-23(32)28-36(33,34)20-2-1-9-35-20)4-6-18(17)29-19(30)11-14-10-13(21-25-7-8-26-21)3-5-16(14)22(29)31/h1-6,9-10,12H,7-8,11H2,(H,25,26)(H2,27,28,32). The topological polar surface area (TPSA) is 137 Å². The van der Waals surface area contributed by atoms with Gasteiger partial charge in [-0.25, -0.2) is 27.2 Å². The van der Waals surface area contributed by atoms with E-state index in [2.05, 4.69) is 15.6 Å². The fourth-order valence-electron chi connectivity index (χ4n) is 3.92. The van der Waals surface area contributed by atoms with E-state index in [0.29, 0.717) is 24.5 Å².